The SMILES string of the molecule is CC(=O)OC(C)(C)C=CC(=O)[C@](C)(O)[C@H]1[C@H](O)C[C@@]2(C)[C@@H]3CC=C4[C@H](C=C(O)C(=O)C4(C)C)[C@]3(C)C(=O)C[C@]12C. The lowest BCUT2D eigenvalue weighted by molar-refractivity contribution is -0.179. The summed E-state index contributed by atoms with van der Waals surface area (Å²) in [5.41, 5.74) is -5.72. The third kappa shape index (κ3) is 4.00. The number of esters is 1. The fraction of sp³-hybridized carbons (Fsp3) is 0.688. The van der Waals surface area contributed by atoms with Crippen molar-refractivity contribution < 1.29 is 39.2 Å². The van der Waals surface area contributed by atoms with Crippen molar-refractivity contribution in [2.24, 2.45) is 39.4 Å². The Morgan fingerprint density at radius 3 is 2.25 bits per heavy atom. The van der Waals surface area contributed by atoms with Crippen LogP contribution < -0.4 is 0 Å². The maximum atomic E-state index is 14.3. The lowest BCUT2D eigenvalue weighted by Crippen LogP contribution is -2.64. The number of hydrogen-bond acceptors (Lipinski definition) is 8. The summed E-state index contributed by atoms with van der Waals surface area (Å²) in [6.07, 6.45) is 5.89. The molecule has 4 aliphatic carbocycles. The van der Waals surface area contributed by atoms with Crippen LogP contribution in [-0.2, 0) is 23.9 Å². The van der Waals surface area contributed by atoms with Crippen LogP contribution in [-0.4, -0.2) is 55.9 Å². The first-order valence-electron chi connectivity index (χ1n) is 14.1. The molecule has 4 aliphatic rings. The molecule has 220 valence electrons. The molecule has 3 N–H and O–H groups in total. The number of fused-ring (bicyclic) bond motifs is 5. The summed E-state index contributed by atoms with van der Waals surface area (Å²) in [7, 11) is 0. The summed E-state index contributed by atoms with van der Waals surface area (Å²) in [4.78, 5) is 52.0. The number of allylic oxidation sites excluding steroid dienone is 4. The Balaban J connectivity index is 1.76. The summed E-state index contributed by atoms with van der Waals surface area (Å²) in [5, 5.41) is 33.8. The molecule has 8 atom stereocenters. The van der Waals surface area contributed by atoms with Gasteiger partial charge in [0.25, 0.3) is 0 Å². The summed E-state index contributed by atoms with van der Waals surface area (Å²) in [6, 6.07) is 0. The smallest absolute Gasteiger partial charge is 0.303 e. The summed E-state index contributed by atoms with van der Waals surface area (Å²) >= 11 is 0. The molecule has 0 amide bonds. The molecule has 0 aromatic carbocycles. The molecule has 0 aromatic heterocycles. The highest BCUT2D eigenvalue weighted by Crippen LogP contribution is 2.73. The van der Waals surface area contributed by atoms with Crippen LogP contribution in [0, 0.1) is 39.4 Å². The van der Waals surface area contributed by atoms with Gasteiger partial charge in [0.05, 0.1) is 11.5 Å². The number of rotatable bonds is 5. The minimum atomic E-state index is -2.00. The van der Waals surface area contributed by atoms with E-state index in [4.69, 9.17) is 4.74 Å². The van der Waals surface area contributed by atoms with Gasteiger partial charge in [0, 0.05) is 30.6 Å². The van der Waals surface area contributed by atoms with Gasteiger partial charge in [-0.25, -0.2) is 0 Å². The Morgan fingerprint density at radius 2 is 1.68 bits per heavy atom. The van der Waals surface area contributed by atoms with E-state index in [-0.39, 0.29) is 36.1 Å². The normalized spacial score (nSPS) is 40.4. The summed E-state index contributed by atoms with van der Waals surface area (Å²) in [6.45, 7) is 15.3. The Bertz CT molecular complexity index is 1270. The molecule has 0 aromatic rings. The third-order valence-electron chi connectivity index (χ3n) is 11.2. The van der Waals surface area contributed by atoms with Crippen molar-refractivity contribution in [1.29, 1.82) is 0 Å². The standard InChI is InChI=1S/C32H44O8/c1-17(33)40-27(2,3)13-12-23(36)32(9,39)25-21(35)15-29(6)22-11-10-18-19(14-20(34)26(38)28(18,4)5)31(22,8)24(37)16-30(25,29)7/h10,12-14,19,21-22,25,34-35,39H,11,15-16H2,1-9H3/t19-,21+,22-,25-,29-,30+,31-,32-/m0/s1. The van der Waals surface area contributed by atoms with Gasteiger partial charge in [-0.2, -0.15) is 0 Å². The zero-order valence-electron chi connectivity index (χ0n) is 25.1. The second-order valence-corrected chi connectivity index (χ2v) is 14.4. The van der Waals surface area contributed by atoms with Crippen molar-refractivity contribution in [3.8, 4) is 0 Å². The Morgan fingerprint density at radius 1 is 1.07 bits per heavy atom. The monoisotopic (exact) mass is 556 g/mol. The number of ether oxygens (including phenoxy) is 1. The van der Waals surface area contributed by atoms with E-state index in [2.05, 4.69) is 0 Å². The average molecular weight is 557 g/mol. The van der Waals surface area contributed by atoms with E-state index in [1.807, 2.05) is 26.8 Å². The van der Waals surface area contributed by atoms with Gasteiger partial charge in [-0.05, 0) is 82.4 Å². The fourth-order valence-corrected chi connectivity index (χ4v) is 8.98. The van der Waals surface area contributed by atoms with Gasteiger partial charge in [-0.1, -0.05) is 32.4 Å². The Labute approximate surface area is 236 Å². The first-order chi connectivity index (χ1) is 18.1. The second kappa shape index (κ2) is 8.96. The van der Waals surface area contributed by atoms with Gasteiger partial charge in [0.15, 0.2) is 11.5 Å². The van der Waals surface area contributed by atoms with E-state index < -0.39 is 62.6 Å². The molecule has 0 bridgehead atoms. The molecule has 40 heavy (non-hydrogen) atoms. The van der Waals surface area contributed by atoms with E-state index in [1.165, 1.54) is 32.1 Å². The van der Waals surface area contributed by atoms with Crippen LogP contribution in [0.15, 0.2) is 35.6 Å². The number of Topliss-reactive ketones (excluding diaryl/α,β-unsaturated/α-hetero) is 2. The highest BCUT2D eigenvalue weighted by Gasteiger charge is 2.74. The molecule has 0 radical (unpaired) electrons. The van der Waals surface area contributed by atoms with Crippen LogP contribution in [0.4, 0.5) is 0 Å². The van der Waals surface area contributed by atoms with E-state index in [0.29, 0.717) is 6.42 Å². The predicted molar refractivity (Wildman–Crippen MR) is 148 cm³/mol. The highest BCUT2D eigenvalue weighted by atomic mass is 16.6. The van der Waals surface area contributed by atoms with Crippen LogP contribution >= 0.6 is 0 Å². The maximum Gasteiger partial charge on any atom is 0.303 e. The predicted octanol–water partition coefficient (Wildman–Crippen LogP) is 4.19. The average Bonchev–Trinajstić information content (AvgIpc) is 3.01. The fourth-order valence-electron chi connectivity index (χ4n) is 8.98. The minimum absolute atomic E-state index is 0.0249. The zero-order chi connectivity index (χ0) is 30.4. The van der Waals surface area contributed by atoms with Crippen LogP contribution in [0.1, 0.15) is 81.6 Å². The molecule has 0 saturated heterocycles. The van der Waals surface area contributed by atoms with Crippen LogP contribution in [0.25, 0.3) is 0 Å². The van der Waals surface area contributed by atoms with Crippen LogP contribution in [0.3, 0.4) is 0 Å². The van der Waals surface area contributed by atoms with Crippen molar-refractivity contribution in [1.82, 2.24) is 0 Å². The molecule has 2 fully saturated rings. The van der Waals surface area contributed by atoms with Crippen molar-refractivity contribution in [2.75, 3.05) is 0 Å². The molecule has 0 heterocycles. The number of carbonyl (C=O) groups is 4. The second-order valence-electron chi connectivity index (χ2n) is 14.4. The van der Waals surface area contributed by atoms with Crippen molar-refractivity contribution in [3.63, 3.8) is 0 Å². The molecule has 2 saturated carbocycles. The highest BCUT2D eigenvalue weighted by molar-refractivity contribution is 6.02. The first-order valence-corrected chi connectivity index (χ1v) is 14.1. The van der Waals surface area contributed by atoms with Gasteiger partial charge < -0.3 is 20.1 Å². The zero-order valence-corrected chi connectivity index (χ0v) is 25.1. The molecular formula is C32H44O8. The van der Waals surface area contributed by atoms with E-state index in [9.17, 15) is 34.5 Å². The first kappa shape index (κ1) is 30.4. The molecule has 4 rings (SSSR count). The number of aliphatic hydroxyl groups is 3. The van der Waals surface area contributed by atoms with Crippen molar-refractivity contribution >= 4 is 23.3 Å². The third-order valence-corrected chi connectivity index (χ3v) is 11.2. The Hall–Kier alpha value is -2.58. The van der Waals surface area contributed by atoms with Gasteiger partial charge in [-0.15, -0.1) is 0 Å². The van der Waals surface area contributed by atoms with Crippen LogP contribution in [0.5, 0.6) is 0 Å². The molecule has 0 unspecified atom stereocenters. The molecule has 0 spiro atoms. The number of carbonyl (C=O) groups excluding carboxylic acids is 4. The molecular weight excluding hydrogens is 512 g/mol. The Kier molecular flexibility index (Phi) is 6.80. The lowest BCUT2D eigenvalue weighted by Gasteiger charge is -2.63. The number of hydrogen-bond donors (Lipinski definition) is 3. The minimum Gasteiger partial charge on any atom is -0.505 e. The van der Waals surface area contributed by atoms with E-state index in [0.717, 1.165) is 5.57 Å². The topological polar surface area (TPSA) is 138 Å². The number of aliphatic hydroxyl groups excluding tert-OH is 2. The van der Waals surface area contributed by atoms with Crippen molar-refractivity contribution in [2.45, 2.75) is 98.9 Å². The molecule has 0 aliphatic heterocycles. The quantitative estimate of drug-likeness (QED) is 0.260. The summed E-state index contributed by atoms with van der Waals surface area (Å²) < 4.78 is 5.22. The van der Waals surface area contributed by atoms with E-state index in [1.54, 1.807) is 27.7 Å². The van der Waals surface area contributed by atoms with Gasteiger partial charge in [0.1, 0.15) is 17.0 Å². The van der Waals surface area contributed by atoms with Crippen molar-refractivity contribution in [3.05, 3.63) is 35.6 Å². The van der Waals surface area contributed by atoms with E-state index >= 15 is 0 Å². The molecule has 8 heteroatoms. The maximum absolute atomic E-state index is 14.3. The lowest BCUT2D eigenvalue weighted by atomic mass is 9.39. The largest absolute Gasteiger partial charge is 0.505 e. The molecule has 8 nitrogen and oxygen atoms in total. The van der Waals surface area contributed by atoms with Gasteiger partial charge in [-0.3, -0.25) is 19.2 Å². The summed E-state index contributed by atoms with van der Waals surface area (Å²) in [5.74, 6) is -3.61. The van der Waals surface area contributed by atoms with Gasteiger partial charge >= 0.3 is 5.97 Å². The number of ketones is 3. The van der Waals surface area contributed by atoms with Crippen LogP contribution in [0.2, 0.25) is 0 Å². The van der Waals surface area contributed by atoms with Gasteiger partial charge in [0.2, 0.25) is 5.78 Å².